The van der Waals surface area contributed by atoms with Crippen LogP contribution in [-0.2, 0) is 0 Å². The highest BCUT2D eigenvalue weighted by Crippen LogP contribution is 2.11. The molecule has 3 heteroatoms. The van der Waals surface area contributed by atoms with Gasteiger partial charge in [0.15, 0.2) is 5.78 Å². The van der Waals surface area contributed by atoms with Crippen molar-refractivity contribution in [1.29, 1.82) is 0 Å². The van der Waals surface area contributed by atoms with Gasteiger partial charge in [0.05, 0.1) is 6.54 Å². The third kappa shape index (κ3) is 4.88. The molecule has 0 unspecified atom stereocenters. The minimum absolute atomic E-state index is 0.0690. The molecule has 0 amide bonds. The topological polar surface area (TPSA) is 49.3 Å². The molecule has 2 N–H and O–H groups in total. The molecule has 0 aliphatic heterocycles. The van der Waals surface area contributed by atoms with Crippen LogP contribution >= 0.6 is 0 Å². The third-order valence-electron chi connectivity index (χ3n) is 3.36. The zero-order valence-electron chi connectivity index (χ0n) is 11.3. The van der Waals surface area contributed by atoms with Gasteiger partial charge in [-0.05, 0) is 43.1 Å². The fraction of sp³-hybridized carbons (Fsp3) is 0.533. The monoisotopic (exact) mass is 249 g/mol. The quantitative estimate of drug-likeness (QED) is 0.550. The average Bonchev–Trinajstić information content (AvgIpc) is 2.39. The van der Waals surface area contributed by atoms with Crippen molar-refractivity contribution in [1.82, 2.24) is 5.32 Å². The van der Waals surface area contributed by atoms with E-state index < -0.39 is 0 Å². The van der Waals surface area contributed by atoms with Crippen LogP contribution in [0.15, 0.2) is 24.3 Å². The number of aromatic hydroxyl groups is 1. The molecule has 0 saturated carbocycles. The number of phenols is 1. The van der Waals surface area contributed by atoms with E-state index in [1.807, 2.05) is 0 Å². The highest BCUT2D eigenvalue weighted by molar-refractivity contribution is 5.97. The molecule has 0 radical (unpaired) electrons. The summed E-state index contributed by atoms with van der Waals surface area (Å²) in [7, 11) is 0. The molecule has 0 atom stereocenters. The molecule has 0 fully saturated rings. The van der Waals surface area contributed by atoms with Gasteiger partial charge in [-0.3, -0.25) is 4.79 Å². The lowest BCUT2D eigenvalue weighted by molar-refractivity contribution is 0.0990. The fourth-order valence-corrected chi connectivity index (χ4v) is 1.95. The standard InChI is InChI=1S/C15H23NO2/c1-3-12(4-2)9-10-16-11-15(18)13-5-7-14(17)8-6-13/h5-8,12,16-17H,3-4,9-11H2,1-2H3. The van der Waals surface area contributed by atoms with Crippen molar-refractivity contribution < 1.29 is 9.90 Å². The summed E-state index contributed by atoms with van der Waals surface area (Å²) < 4.78 is 0. The maximum Gasteiger partial charge on any atom is 0.176 e. The second-order valence-electron chi connectivity index (χ2n) is 4.62. The van der Waals surface area contributed by atoms with Gasteiger partial charge in [0.25, 0.3) is 0 Å². The Kier molecular flexibility index (Phi) is 6.44. The van der Waals surface area contributed by atoms with Crippen LogP contribution in [0.1, 0.15) is 43.5 Å². The van der Waals surface area contributed by atoms with Crippen molar-refractivity contribution in [2.24, 2.45) is 5.92 Å². The smallest absolute Gasteiger partial charge is 0.176 e. The number of phenolic OH excluding ortho intramolecular Hbond substituents is 1. The molecule has 0 aliphatic rings. The van der Waals surface area contributed by atoms with Crippen molar-refractivity contribution in [2.75, 3.05) is 13.1 Å². The predicted octanol–water partition coefficient (Wildman–Crippen LogP) is 2.99. The van der Waals surface area contributed by atoms with E-state index >= 15 is 0 Å². The van der Waals surface area contributed by atoms with E-state index in [1.54, 1.807) is 12.1 Å². The Morgan fingerprint density at radius 1 is 1.22 bits per heavy atom. The first-order chi connectivity index (χ1) is 8.67. The van der Waals surface area contributed by atoms with E-state index in [0.29, 0.717) is 12.1 Å². The van der Waals surface area contributed by atoms with E-state index in [2.05, 4.69) is 19.2 Å². The van der Waals surface area contributed by atoms with Crippen LogP contribution in [0, 0.1) is 5.92 Å². The second kappa shape index (κ2) is 7.88. The van der Waals surface area contributed by atoms with Crippen LogP contribution in [0.2, 0.25) is 0 Å². The minimum Gasteiger partial charge on any atom is -0.508 e. The Labute approximate surface area is 109 Å². The molecule has 0 aliphatic carbocycles. The molecule has 18 heavy (non-hydrogen) atoms. The first-order valence-electron chi connectivity index (χ1n) is 6.70. The number of Topliss-reactive ketones (excluding diaryl/α,β-unsaturated/α-hetero) is 1. The summed E-state index contributed by atoms with van der Waals surface area (Å²) in [5.41, 5.74) is 0.642. The van der Waals surface area contributed by atoms with Crippen LogP contribution in [0.4, 0.5) is 0 Å². The van der Waals surface area contributed by atoms with E-state index in [0.717, 1.165) is 18.9 Å². The summed E-state index contributed by atoms with van der Waals surface area (Å²) in [5, 5.41) is 12.3. The van der Waals surface area contributed by atoms with Crippen LogP contribution in [0.25, 0.3) is 0 Å². The van der Waals surface area contributed by atoms with Gasteiger partial charge in [-0.2, -0.15) is 0 Å². The Balaban J connectivity index is 2.27. The zero-order chi connectivity index (χ0) is 13.4. The lowest BCUT2D eigenvalue weighted by atomic mass is 10.00. The number of nitrogens with one attached hydrogen (secondary N) is 1. The summed E-state index contributed by atoms with van der Waals surface area (Å²) in [6.45, 7) is 5.66. The summed E-state index contributed by atoms with van der Waals surface area (Å²) in [5.74, 6) is 1.01. The third-order valence-corrected chi connectivity index (χ3v) is 3.36. The van der Waals surface area contributed by atoms with Crippen LogP contribution < -0.4 is 5.32 Å². The Morgan fingerprint density at radius 3 is 2.39 bits per heavy atom. The fourth-order valence-electron chi connectivity index (χ4n) is 1.95. The summed E-state index contributed by atoms with van der Waals surface area (Å²) in [6.07, 6.45) is 3.52. The summed E-state index contributed by atoms with van der Waals surface area (Å²) >= 11 is 0. The van der Waals surface area contributed by atoms with Gasteiger partial charge in [-0.1, -0.05) is 26.7 Å². The summed E-state index contributed by atoms with van der Waals surface area (Å²) in [4.78, 5) is 11.8. The van der Waals surface area contributed by atoms with Crippen LogP contribution in [-0.4, -0.2) is 24.0 Å². The zero-order valence-corrected chi connectivity index (χ0v) is 11.3. The van der Waals surface area contributed by atoms with Gasteiger partial charge in [-0.25, -0.2) is 0 Å². The minimum atomic E-state index is 0.0690. The van der Waals surface area contributed by atoms with Crippen LogP contribution in [0.3, 0.4) is 0 Å². The van der Waals surface area contributed by atoms with Crippen molar-refractivity contribution in [3.63, 3.8) is 0 Å². The number of ketones is 1. The lowest BCUT2D eigenvalue weighted by Crippen LogP contribution is -2.25. The molecule has 0 bridgehead atoms. The number of benzene rings is 1. The Morgan fingerprint density at radius 2 is 1.83 bits per heavy atom. The van der Waals surface area contributed by atoms with Crippen LogP contribution in [0.5, 0.6) is 5.75 Å². The first-order valence-corrected chi connectivity index (χ1v) is 6.70. The number of hydrogen-bond acceptors (Lipinski definition) is 3. The van der Waals surface area contributed by atoms with E-state index in [4.69, 9.17) is 5.11 Å². The highest BCUT2D eigenvalue weighted by atomic mass is 16.3. The van der Waals surface area contributed by atoms with Crippen molar-refractivity contribution in [3.8, 4) is 5.75 Å². The van der Waals surface area contributed by atoms with Gasteiger partial charge in [0.2, 0.25) is 0 Å². The largest absolute Gasteiger partial charge is 0.508 e. The maximum atomic E-state index is 11.8. The Bertz CT molecular complexity index is 355. The first kappa shape index (κ1) is 14.7. The summed E-state index contributed by atoms with van der Waals surface area (Å²) in [6, 6.07) is 6.38. The number of rotatable bonds is 8. The SMILES string of the molecule is CCC(CC)CCNCC(=O)c1ccc(O)cc1. The number of carbonyl (C=O) groups excluding carboxylic acids is 1. The van der Waals surface area contributed by atoms with Crippen molar-refractivity contribution in [2.45, 2.75) is 33.1 Å². The van der Waals surface area contributed by atoms with E-state index in [1.165, 1.54) is 25.0 Å². The van der Waals surface area contributed by atoms with Gasteiger partial charge in [0.1, 0.15) is 5.75 Å². The van der Waals surface area contributed by atoms with Gasteiger partial charge in [0, 0.05) is 5.56 Å². The Hall–Kier alpha value is -1.35. The molecule has 1 aromatic rings. The molecule has 100 valence electrons. The van der Waals surface area contributed by atoms with Gasteiger partial charge < -0.3 is 10.4 Å². The molecular weight excluding hydrogens is 226 g/mol. The molecule has 1 rings (SSSR count). The van der Waals surface area contributed by atoms with Crippen molar-refractivity contribution >= 4 is 5.78 Å². The maximum absolute atomic E-state index is 11.8. The number of carbonyl (C=O) groups is 1. The second-order valence-corrected chi connectivity index (χ2v) is 4.62. The van der Waals surface area contributed by atoms with Gasteiger partial charge >= 0.3 is 0 Å². The van der Waals surface area contributed by atoms with E-state index in [-0.39, 0.29) is 11.5 Å². The average molecular weight is 249 g/mol. The predicted molar refractivity (Wildman–Crippen MR) is 74.0 cm³/mol. The van der Waals surface area contributed by atoms with Crippen molar-refractivity contribution in [3.05, 3.63) is 29.8 Å². The molecule has 0 aromatic heterocycles. The normalized spacial score (nSPS) is 10.8. The molecular formula is C15H23NO2. The highest BCUT2D eigenvalue weighted by Gasteiger charge is 2.06. The number of hydrogen-bond donors (Lipinski definition) is 2. The molecule has 0 spiro atoms. The van der Waals surface area contributed by atoms with E-state index in [9.17, 15) is 4.79 Å². The lowest BCUT2D eigenvalue weighted by Gasteiger charge is -2.12. The van der Waals surface area contributed by atoms with Gasteiger partial charge in [-0.15, -0.1) is 0 Å². The molecule has 0 saturated heterocycles. The molecule has 3 nitrogen and oxygen atoms in total. The molecule has 0 heterocycles. The molecule has 1 aromatic carbocycles.